The molecule has 80 valence electrons. The predicted octanol–water partition coefficient (Wildman–Crippen LogP) is 2.59. The van der Waals surface area contributed by atoms with Gasteiger partial charge in [-0.15, -0.1) is 0 Å². The number of oxazole rings is 1. The lowest BCUT2D eigenvalue weighted by Gasteiger charge is -2.18. The van der Waals surface area contributed by atoms with Crippen LogP contribution in [-0.4, -0.2) is 12.0 Å². The Hall–Kier alpha value is -1.35. The highest BCUT2D eigenvalue weighted by atomic mass is 16.4. The van der Waals surface area contributed by atoms with Crippen LogP contribution in [0.5, 0.6) is 0 Å². The molecule has 3 heteroatoms. The molecule has 3 nitrogen and oxygen atoms in total. The van der Waals surface area contributed by atoms with Crippen molar-refractivity contribution in [1.29, 1.82) is 0 Å². The highest BCUT2D eigenvalue weighted by Gasteiger charge is 2.24. The number of para-hydroxylation sites is 1. The summed E-state index contributed by atoms with van der Waals surface area (Å²) in [6.07, 6.45) is 0. The van der Waals surface area contributed by atoms with Crippen molar-refractivity contribution in [1.82, 2.24) is 10.3 Å². The van der Waals surface area contributed by atoms with Crippen molar-refractivity contribution < 1.29 is 4.42 Å². The lowest BCUT2D eigenvalue weighted by molar-refractivity contribution is 0.338. The minimum atomic E-state index is -0.231. The molecular weight excluding hydrogens is 188 g/mol. The molecule has 0 spiro atoms. The van der Waals surface area contributed by atoms with E-state index in [1.807, 2.05) is 46.0 Å². The lowest BCUT2D eigenvalue weighted by atomic mass is 10.1. The number of nitrogens with one attached hydrogen (secondary N) is 1. The van der Waals surface area contributed by atoms with Crippen LogP contribution in [0.3, 0.4) is 0 Å². The number of benzene rings is 1. The molecule has 15 heavy (non-hydrogen) atoms. The van der Waals surface area contributed by atoms with Crippen molar-refractivity contribution in [3.8, 4) is 0 Å². The minimum Gasteiger partial charge on any atom is -0.438 e. The van der Waals surface area contributed by atoms with Gasteiger partial charge in [-0.3, -0.25) is 0 Å². The molecule has 1 aromatic heterocycles. The van der Waals surface area contributed by atoms with Crippen LogP contribution in [0.1, 0.15) is 25.3 Å². The van der Waals surface area contributed by atoms with Gasteiger partial charge in [0.25, 0.3) is 0 Å². The van der Waals surface area contributed by atoms with Crippen LogP contribution in [0, 0.1) is 6.92 Å². The van der Waals surface area contributed by atoms with E-state index in [0.717, 1.165) is 22.6 Å². The van der Waals surface area contributed by atoms with Crippen molar-refractivity contribution in [3.63, 3.8) is 0 Å². The zero-order chi connectivity index (χ0) is 11.1. The predicted molar refractivity (Wildman–Crippen MR) is 60.8 cm³/mol. The van der Waals surface area contributed by atoms with Crippen molar-refractivity contribution in [3.05, 3.63) is 29.7 Å². The van der Waals surface area contributed by atoms with E-state index in [1.165, 1.54) is 0 Å². The average Bonchev–Trinajstić information content (AvgIpc) is 2.64. The third-order valence-electron chi connectivity index (χ3n) is 2.77. The van der Waals surface area contributed by atoms with Crippen LogP contribution in [0.4, 0.5) is 0 Å². The summed E-state index contributed by atoms with van der Waals surface area (Å²) < 4.78 is 5.78. The summed E-state index contributed by atoms with van der Waals surface area (Å²) >= 11 is 0. The second kappa shape index (κ2) is 3.35. The zero-order valence-electron chi connectivity index (χ0n) is 9.59. The molecule has 0 aliphatic heterocycles. The summed E-state index contributed by atoms with van der Waals surface area (Å²) in [4.78, 5) is 4.49. The van der Waals surface area contributed by atoms with Crippen LogP contribution in [-0.2, 0) is 5.54 Å². The second-order valence-corrected chi connectivity index (χ2v) is 4.32. The maximum atomic E-state index is 5.78. The van der Waals surface area contributed by atoms with Crippen LogP contribution in [0.25, 0.3) is 11.1 Å². The van der Waals surface area contributed by atoms with Gasteiger partial charge in [0, 0.05) is 0 Å². The maximum absolute atomic E-state index is 5.78. The molecule has 0 saturated heterocycles. The third-order valence-corrected chi connectivity index (χ3v) is 2.77. The van der Waals surface area contributed by atoms with E-state index in [1.54, 1.807) is 0 Å². The molecule has 0 amide bonds. The Kier molecular flexibility index (Phi) is 2.27. The summed E-state index contributed by atoms with van der Waals surface area (Å²) in [5.74, 6) is 0.731. The Morgan fingerprint density at radius 2 is 2.07 bits per heavy atom. The summed E-state index contributed by atoms with van der Waals surface area (Å²) in [5.41, 5.74) is 2.70. The van der Waals surface area contributed by atoms with Crippen LogP contribution < -0.4 is 5.32 Å². The van der Waals surface area contributed by atoms with Gasteiger partial charge in [0.2, 0.25) is 5.89 Å². The van der Waals surface area contributed by atoms with Gasteiger partial charge in [0.1, 0.15) is 5.52 Å². The second-order valence-electron chi connectivity index (χ2n) is 4.32. The standard InChI is InChI=1S/C12H16N2O/c1-8-6-5-7-9-10(8)15-11(14-9)12(2,3)13-4/h5-7,13H,1-4H3. The molecule has 0 bridgehead atoms. The fraction of sp³-hybridized carbons (Fsp3) is 0.417. The molecule has 2 aromatic rings. The first-order valence-corrected chi connectivity index (χ1v) is 5.10. The van der Waals surface area contributed by atoms with E-state index in [-0.39, 0.29) is 5.54 Å². The highest BCUT2D eigenvalue weighted by Crippen LogP contribution is 2.25. The molecule has 2 rings (SSSR count). The maximum Gasteiger partial charge on any atom is 0.215 e. The fourth-order valence-electron chi connectivity index (χ4n) is 1.46. The fourth-order valence-corrected chi connectivity index (χ4v) is 1.46. The number of fused-ring (bicyclic) bond motifs is 1. The summed E-state index contributed by atoms with van der Waals surface area (Å²) in [6.45, 7) is 6.13. The molecule has 0 radical (unpaired) electrons. The number of hydrogen-bond donors (Lipinski definition) is 1. The molecule has 0 fully saturated rings. The van der Waals surface area contributed by atoms with Crippen LogP contribution >= 0.6 is 0 Å². The summed E-state index contributed by atoms with van der Waals surface area (Å²) in [6, 6.07) is 6.00. The lowest BCUT2D eigenvalue weighted by Crippen LogP contribution is -2.33. The Morgan fingerprint density at radius 1 is 1.33 bits per heavy atom. The Morgan fingerprint density at radius 3 is 2.67 bits per heavy atom. The van der Waals surface area contributed by atoms with E-state index in [9.17, 15) is 0 Å². The third kappa shape index (κ3) is 1.63. The first kappa shape index (κ1) is 10.2. The molecule has 0 aliphatic rings. The molecule has 0 saturated carbocycles. The van der Waals surface area contributed by atoms with Crippen LogP contribution in [0.2, 0.25) is 0 Å². The Labute approximate surface area is 89.5 Å². The molecule has 1 aromatic carbocycles. The largest absolute Gasteiger partial charge is 0.438 e. The van der Waals surface area contributed by atoms with Gasteiger partial charge in [-0.2, -0.15) is 0 Å². The first-order chi connectivity index (χ1) is 7.04. The Bertz CT molecular complexity index is 485. The SMILES string of the molecule is CNC(C)(C)c1nc2cccc(C)c2o1. The van der Waals surface area contributed by atoms with Gasteiger partial charge >= 0.3 is 0 Å². The van der Waals surface area contributed by atoms with Gasteiger partial charge in [0.05, 0.1) is 5.54 Å². The topological polar surface area (TPSA) is 38.1 Å². The molecule has 0 atom stereocenters. The van der Waals surface area contributed by atoms with E-state index in [0.29, 0.717) is 0 Å². The number of aromatic nitrogens is 1. The first-order valence-electron chi connectivity index (χ1n) is 5.10. The number of rotatable bonds is 2. The van der Waals surface area contributed by atoms with E-state index < -0.39 is 0 Å². The van der Waals surface area contributed by atoms with Gasteiger partial charge in [0.15, 0.2) is 5.58 Å². The van der Waals surface area contributed by atoms with E-state index >= 15 is 0 Å². The zero-order valence-corrected chi connectivity index (χ0v) is 9.59. The molecule has 1 N–H and O–H groups in total. The minimum absolute atomic E-state index is 0.231. The quantitative estimate of drug-likeness (QED) is 0.817. The van der Waals surface area contributed by atoms with Gasteiger partial charge < -0.3 is 9.73 Å². The molecule has 0 aliphatic carbocycles. The van der Waals surface area contributed by atoms with Crippen molar-refractivity contribution in [2.45, 2.75) is 26.3 Å². The smallest absolute Gasteiger partial charge is 0.215 e. The van der Waals surface area contributed by atoms with Crippen molar-refractivity contribution >= 4 is 11.1 Å². The Balaban J connectivity index is 2.62. The summed E-state index contributed by atoms with van der Waals surface area (Å²) in [5, 5.41) is 3.18. The van der Waals surface area contributed by atoms with Crippen LogP contribution in [0.15, 0.2) is 22.6 Å². The van der Waals surface area contributed by atoms with E-state index in [4.69, 9.17) is 4.42 Å². The molecule has 0 unspecified atom stereocenters. The molecule has 1 heterocycles. The van der Waals surface area contributed by atoms with Crippen molar-refractivity contribution in [2.24, 2.45) is 0 Å². The molecular formula is C12H16N2O. The number of aryl methyl sites for hydroxylation is 1. The number of hydrogen-bond acceptors (Lipinski definition) is 3. The average molecular weight is 204 g/mol. The highest BCUT2D eigenvalue weighted by molar-refractivity contribution is 5.76. The van der Waals surface area contributed by atoms with E-state index in [2.05, 4.69) is 10.3 Å². The summed E-state index contributed by atoms with van der Waals surface area (Å²) in [7, 11) is 1.90. The monoisotopic (exact) mass is 204 g/mol. The number of nitrogens with zero attached hydrogens (tertiary/aromatic N) is 1. The van der Waals surface area contributed by atoms with Gasteiger partial charge in [-0.1, -0.05) is 12.1 Å². The normalized spacial score (nSPS) is 12.3. The van der Waals surface area contributed by atoms with Crippen molar-refractivity contribution in [2.75, 3.05) is 7.05 Å². The van der Waals surface area contributed by atoms with Gasteiger partial charge in [-0.25, -0.2) is 4.98 Å². The van der Waals surface area contributed by atoms with Gasteiger partial charge in [-0.05, 0) is 39.4 Å².